The standard InChI is InChI=1S/C64H82N8/c1-7-9-11-13-15-17-19-21-23-25-27-51-45-58(60-71-63(67-55-41-33-49(5)34-42-55)64(72-60)68-56-43-35-50(6)36-44-56)52(28-26-24-22-20-18-16-14-12-10-8-2)46-57(51)59-69-61(65-53-37-29-47(3)30-38-53)62(70-59)66-54-39-31-48(4)32-40-54/h29-46H,7-28H2,1-6H3,(H,65,66,69,70)(H,67,68,71,72). The van der Waals surface area contributed by atoms with Gasteiger partial charge in [0.15, 0.2) is 35.0 Å². The zero-order chi connectivity index (χ0) is 50.3. The van der Waals surface area contributed by atoms with E-state index in [2.05, 4.69) is 161 Å². The number of nitrogens with one attached hydrogen (secondary N) is 2. The van der Waals surface area contributed by atoms with E-state index in [1.54, 1.807) is 0 Å². The molecule has 0 unspecified atom stereocenters. The van der Waals surface area contributed by atoms with Gasteiger partial charge in [0, 0.05) is 22.5 Å². The van der Waals surface area contributed by atoms with Crippen molar-refractivity contribution in [3.63, 3.8) is 0 Å². The van der Waals surface area contributed by atoms with Crippen LogP contribution in [0, 0.1) is 27.7 Å². The highest BCUT2D eigenvalue weighted by atomic mass is 15.2. The van der Waals surface area contributed by atoms with Crippen LogP contribution in [-0.4, -0.2) is 35.0 Å². The van der Waals surface area contributed by atoms with Crippen LogP contribution in [0.25, 0.3) is 0 Å². The minimum Gasteiger partial charge on any atom is -0.337 e. The molecular weight excluding hydrogens is 881 g/mol. The van der Waals surface area contributed by atoms with Gasteiger partial charge in [-0.2, -0.15) is 0 Å². The summed E-state index contributed by atoms with van der Waals surface area (Å²) in [4.78, 5) is 31.5. The number of unbranched alkanes of at least 4 members (excludes halogenated alkanes) is 18. The molecule has 0 bridgehead atoms. The van der Waals surface area contributed by atoms with Gasteiger partial charge in [0.25, 0.3) is 0 Å². The largest absolute Gasteiger partial charge is 0.337 e. The molecule has 8 nitrogen and oxygen atoms in total. The fraction of sp³-hybridized carbons (Fsp3) is 0.438. The minimum atomic E-state index is 0.577. The Labute approximate surface area is 433 Å². The molecule has 2 heterocycles. The maximum atomic E-state index is 5.32. The Morgan fingerprint density at radius 2 is 0.639 bits per heavy atom. The molecule has 2 aliphatic heterocycles. The Morgan fingerprint density at radius 3 is 0.958 bits per heavy atom. The molecule has 8 heteroatoms. The Bertz CT molecular complexity index is 2480. The molecule has 0 saturated heterocycles. The number of amidine groups is 6. The fourth-order valence-corrected chi connectivity index (χ4v) is 9.39. The Morgan fingerprint density at radius 1 is 0.347 bits per heavy atom. The topological polar surface area (TPSA) is 98.2 Å². The second-order valence-electron chi connectivity index (χ2n) is 20.3. The van der Waals surface area contributed by atoms with Gasteiger partial charge >= 0.3 is 0 Å². The second-order valence-corrected chi connectivity index (χ2v) is 20.3. The van der Waals surface area contributed by atoms with E-state index in [0.29, 0.717) is 35.0 Å². The van der Waals surface area contributed by atoms with Crippen LogP contribution in [0.15, 0.2) is 139 Å². The van der Waals surface area contributed by atoms with Gasteiger partial charge < -0.3 is 10.6 Å². The minimum absolute atomic E-state index is 0.577. The number of anilines is 2. The first-order valence-electron chi connectivity index (χ1n) is 27.7. The number of rotatable bonds is 28. The quantitative estimate of drug-likeness (QED) is 0.0488. The molecule has 0 amide bonds. The Kier molecular flexibility index (Phi) is 21.3. The predicted molar refractivity (Wildman–Crippen MR) is 312 cm³/mol. The summed E-state index contributed by atoms with van der Waals surface area (Å²) in [7, 11) is 0. The lowest BCUT2D eigenvalue weighted by atomic mass is 9.91. The van der Waals surface area contributed by atoms with Gasteiger partial charge in [0.1, 0.15) is 0 Å². The van der Waals surface area contributed by atoms with E-state index >= 15 is 0 Å². The summed E-state index contributed by atoms with van der Waals surface area (Å²) in [6.45, 7) is 13.0. The van der Waals surface area contributed by atoms with Gasteiger partial charge in [-0.05, 0) is 125 Å². The lowest BCUT2D eigenvalue weighted by Gasteiger charge is -2.16. The molecule has 5 aromatic rings. The zero-order valence-electron chi connectivity index (χ0n) is 44.6. The molecule has 2 aliphatic rings. The zero-order valence-corrected chi connectivity index (χ0v) is 44.6. The van der Waals surface area contributed by atoms with Crippen LogP contribution in [0.5, 0.6) is 0 Å². The van der Waals surface area contributed by atoms with Gasteiger partial charge in [-0.3, -0.25) is 0 Å². The number of hydrogen-bond acceptors (Lipinski definition) is 6. The smallest absolute Gasteiger partial charge is 0.198 e. The van der Waals surface area contributed by atoms with Gasteiger partial charge in [0.05, 0.1) is 11.4 Å². The van der Waals surface area contributed by atoms with Gasteiger partial charge in [0.2, 0.25) is 0 Å². The Balaban J connectivity index is 1.27. The van der Waals surface area contributed by atoms with Gasteiger partial charge in [-0.15, -0.1) is 0 Å². The summed E-state index contributed by atoms with van der Waals surface area (Å²) in [5.41, 5.74) is 12.9. The summed E-state index contributed by atoms with van der Waals surface area (Å²) in [6.07, 6.45) is 27.4. The second kappa shape index (κ2) is 28.7. The highest BCUT2D eigenvalue weighted by Crippen LogP contribution is 2.29. The molecule has 0 saturated carbocycles. The fourth-order valence-electron chi connectivity index (χ4n) is 9.39. The average Bonchev–Trinajstić information content (AvgIpc) is 3.97. The van der Waals surface area contributed by atoms with Crippen molar-refractivity contribution < 1.29 is 0 Å². The number of nitrogens with zero attached hydrogens (tertiary/aromatic N) is 6. The van der Waals surface area contributed by atoms with E-state index in [0.717, 1.165) is 59.6 Å². The number of hydrogen-bond donors (Lipinski definition) is 2. The summed E-state index contributed by atoms with van der Waals surface area (Å²) >= 11 is 0. The molecule has 0 aromatic heterocycles. The lowest BCUT2D eigenvalue weighted by molar-refractivity contribution is 0.555. The Hall–Kier alpha value is -6.28. The van der Waals surface area contributed by atoms with Crippen LogP contribution in [-0.2, 0) is 12.8 Å². The number of benzene rings is 5. The summed E-state index contributed by atoms with van der Waals surface area (Å²) in [6, 6.07) is 38.2. The van der Waals surface area contributed by atoms with Crippen molar-refractivity contribution in [3.8, 4) is 0 Å². The molecule has 72 heavy (non-hydrogen) atoms. The molecule has 0 spiro atoms. The average molecular weight is 963 g/mol. The third kappa shape index (κ3) is 16.9. The van der Waals surface area contributed by atoms with Crippen LogP contribution in [0.3, 0.4) is 0 Å². The molecular formula is C64H82N8. The molecule has 7 rings (SSSR count). The van der Waals surface area contributed by atoms with Crippen molar-refractivity contribution in [3.05, 3.63) is 154 Å². The lowest BCUT2D eigenvalue weighted by Crippen LogP contribution is -2.18. The molecule has 2 N–H and O–H groups in total. The molecule has 378 valence electrons. The predicted octanol–water partition coefficient (Wildman–Crippen LogP) is 17.8. The van der Waals surface area contributed by atoms with Crippen LogP contribution < -0.4 is 10.6 Å². The first-order valence-corrected chi connectivity index (χ1v) is 27.7. The third-order valence-corrected chi connectivity index (χ3v) is 13.9. The van der Waals surface area contributed by atoms with Crippen LogP contribution in [0.4, 0.5) is 22.7 Å². The molecule has 0 aliphatic carbocycles. The van der Waals surface area contributed by atoms with E-state index in [1.165, 1.54) is 149 Å². The van der Waals surface area contributed by atoms with Gasteiger partial charge in [-0.1, -0.05) is 200 Å². The molecule has 0 atom stereocenters. The van der Waals surface area contributed by atoms with Crippen molar-refractivity contribution in [2.24, 2.45) is 30.0 Å². The maximum absolute atomic E-state index is 5.32. The summed E-state index contributed by atoms with van der Waals surface area (Å²) < 4.78 is 0. The summed E-state index contributed by atoms with van der Waals surface area (Å²) in [5, 5.41) is 7.21. The van der Waals surface area contributed by atoms with Crippen molar-refractivity contribution in [2.75, 3.05) is 10.6 Å². The van der Waals surface area contributed by atoms with Crippen molar-refractivity contribution in [1.82, 2.24) is 0 Å². The molecule has 0 radical (unpaired) electrons. The van der Waals surface area contributed by atoms with Crippen LogP contribution >= 0.6 is 0 Å². The van der Waals surface area contributed by atoms with Crippen molar-refractivity contribution >= 4 is 57.8 Å². The normalized spacial score (nSPS) is 14.5. The third-order valence-electron chi connectivity index (χ3n) is 13.9. The number of aliphatic imine (C=N–C) groups is 6. The first kappa shape index (κ1) is 53.5. The van der Waals surface area contributed by atoms with E-state index in [1.807, 2.05) is 0 Å². The monoisotopic (exact) mass is 963 g/mol. The van der Waals surface area contributed by atoms with E-state index in [-0.39, 0.29) is 0 Å². The van der Waals surface area contributed by atoms with Crippen molar-refractivity contribution in [2.45, 2.75) is 183 Å². The van der Waals surface area contributed by atoms with Crippen LogP contribution in [0.1, 0.15) is 187 Å². The molecule has 5 aromatic carbocycles. The first-order chi connectivity index (χ1) is 35.2. The van der Waals surface area contributed by atoms with Crippen LogP contribution in [0.2, 0.25) is 0 Å². The van der Waals surface area contributed by atoms with Crippen molar-refractivity contribution in [1.29, 1.82) is 0 Å². The summed E-state index contributed by atoms with van der Waals surface area (Å²) in [5.74, 6) is 3.82. The SMILES string of the molecule is CCCCCCCCCCCCc1cc(C2=NC(=Nc3ccc(C)cc3)C(Nc3ccc(C)cc3)=N2)c(CCCCCCCCCCCC)cc1C1=NC(=Nc2ccc(C)cc2)C(Nc2ccc(C)cc2)=N1. The number of aryl methyl sites for hydroxylation is 6. The molecule has 0 fully saturated rings. The van der Waals surface area contributed by atoms with E-state index < -0.39 is 0 Å². The highest BCUT2D eigenvalue weighted by Gasteiger charge is 2.27. The maximum Gasteiger partial charge on any atom is 0.198 e. The highest BCUT2D eigenvalue weighted by molar-refractivity contribution is 6.52. The van der Waals surface area contributed by atoms with Gasteiger partial charge in [-0.25, -0.2) is 30.0 Å². The van der Waals surface area contributed by atoms with E-state index in [9.17, 15) is 0 Å². The van der Waals surface area contributed by atoms with E-state index in [4.69, 9.17) is 30.0 Å².